The zero-order chi connectivity index (χ0) is 20.1. The maximum atomic E-state index is 12.7. The van der Waals surface area contributed by atoms with Crippen molar-refractivity contribution in [3.63, 3.8) is 0 Å². The minimum atomic E-state index is -0.843. The van der Waals surface area contributed by atoms with Gasteiger partial charge < -0.3 is 15.3 Å². The van der Waals surface area contributed by atoms with Gasteiger partial charge in [0.15, 0.2) is 0 Å². The minimum absolute atomic E-state index is 0.210. The van der Waals surface area contributed by atoms with Crippen molar-refractivity contribution < 1.29 is 9.90 Å². The molecule has 8 heteroatoms. The molecule has 0 unspecified atom stereocenters. The fourth-order valence-electron chi connectivity index (χ4n) is 3.59. The third-order valence-corrected chi connectivity index (χ3v) is 5.46. The molecule has 1 aromatic heterocycles. The van der Waals surface area contributed by atoms with Crippen molar-refractivity contribution >= 4 is 29.0 Å². The van der Waals surface area contributed by atoms with Crippen LogP contribution in [0.15, 0.2) is 35.3 Å². The van der Waals surface area contributed by atoms with Crippen LogP contribution in [0.4, 0.5) is 11.5 Å². The molecule has 1 heterocycles. The third-order valence-electron chi connectivity index (χ3n) is 5.13. The number of nitrogens with one attached hydrogen (secondary N) is 2. The normalized spacial score (nSPS) is 15.8. The van der Waals surface area contributed by atoms with E-state index in [1.807, 2.05) is 11.8 Å². The van der Waals surface area contributed by atoms with Gasteiger partial charge in [0.2, 0.25) is 0 Å². The summed E-state index contributed by atoms with van der Waals surface area (Å²) < 4.78 is 0. The third kappa shape index (κ3) is 4.72. The largest absolute Gasteiger partial charge is 0.388 e. The lowest BCUT2D eigenvalue weighted by atomic mass is 9.85. The molecule has 0 radical (unpaired) electrons. The van der Waals surface area contributed by atoms with E-state index < -0.39 is 11.3 Å². The van der Waals surface area contributed by atoms with Gasteiger partial charge in [-0.05, 0) is 44.0 Å². The summed E-state index contributed by atoms with van der Waals surface area (Å²) in [5.74, 6) is 0.248. The van der Waals surface area contributed by atoms with E-state index >= 15 is 0 Å². The van der Waals surface area contributed by atoms with Gasteiger partial charge >= 0.3 is 5.69 Å². The van der Waals surface area contributed by atoms with Crippen LogP contribution in [0.1, 0.15) is 49.4 Å². The van der Waals surface area contributed by atoms with Crippen molar-refractivity contribution in [2.24, 2.45) is 0 Å². The predicted octanol–water partition coefficient (Wildman–Crippen LogP) is 3.01. The van der Waals surface area contributed by atoms with Gasteiger partial charge in [0.1, 0.15) is 5.82 Å². The van der Waals surface area contributed by atoms with Crippen molar-refractivity contribution in [2.45, 2.75) is 44.6 Å². The van der Waals surface area contributed by atoms with Gasteiger partial charge in [-0.3, -0.25) is 9.78 Å². The van der Waals surface area contributed by atoms with Crippen molar-refractivity contribution in [1.82, 2.24) is 15.3 Å². The zero-order valence-corrected chi connectivity index (χ0v) is 16.6. The summed E-state index contributed by atoms with van der Waals surface area (Å²) in [6.45, 7) is 2.72. The van der Waals surface area contributed by atoms with E-state index in [1.165, 1.54) is 6.20 Å². The minimum Gasteiger partial charge on any atom is -0.388 e. The Hall–Kier alpha value is -2.38. The van der Waals surface area contributed by atoms with Gasteiger partial charge in [0.05, 0.1) is 16.2 Å². The molecule has 1 amide bonds. The maximum absolute atomic E-state index is 12.7. The molecule has 1 aliphatic carbocycles. The first-order valence-corrected chi connectivity index (χ1v) is 9.93. The number of H-pyrrole nitrogens is 1. The molecule has 1 aliphatic rings. The number of hydrogen-bond acceptors (Lipinski definition) is 5. The molecule has 0 bridgehead atoms. The fraction of sp³-hybridized carbons (Fsp3) is 0.450. The Bertz CT molecular complexity index is 893. The van der Waals surface area contributed by atoms with E-state index in [0.29, 0.717) is 35.8 Å². The average Bonchev–Trinajstić information content (AvgIpc) is 2.69. The number of halogens is 1. The second-order valence-corrected chi connectivity index (χ2v) is 7.54. The first-order chi connectivity index (χ1) is 13.4. The Labute approximate surface area is 168 Å². The van der Waals surface area contributed by atoms with Crippen molar-refractivity contribution in [2.75, 3.05) is 18.0 Å². The number of rotatable bonds is 6. The average molecular weight is 405 g/mol. The zero-order valence-electron chi connectivity index (χ0n) is 15.9. The topological polar surface area (TPSA) is 98.3 Å². The molecule has 1 saturated carbocycles. The molecule has 0 aliphatic heterocycles. The smallest absolute Gasteiger partial charge is 0.346 e. The summed E-state index contributed by atoms with van der Waals surface area (Å²) in [5, 5.41) is 13.7. The van der Waals surface area contributed by atoms with Crippen LogP contribution in [0.2, 0.25) is 5.02 Å². The van der Waals surface area contributed by atoms with Crippen molar-refractivity contribution in [3.8, 4) is 0 Å². The van der Waals surface area contributed by atoms with Gasteiger partial charge in [0, 0.05) is 25.0 Å². The highest BCUT2D eigenvalue weighted by atomic mass is 35.5. The first kappa shape index (κ1) is 20.4. The summed E-state index contributed by atoms with van der Waals surface area (Å²) in [6, 6.07) is 6.82. The second-order valence-electron chi connectivity index (χ2n) is 7.14. The number of carbonyl (C=O) groups excluding carboxylic acids is 1. The monoisotopic (exact) mass is 404 g/mol. The predicted molar refractivity (Wildman–Crippen MR) is 109 cm³/mol. The highest BCUT2D eigenvalue weighted by Gasteiger charge is 2.29. The number of anilines is 2. The summed E-state index contributed by atoms with van der Waals surface area (Å²) in [7, 11) is 0. The van der Waals surface area contributed by atoms with Crippen molar-refractivity contribution in [1.29, 1.82) is 0 Å². The van der Waals surface area contributed by atoms with Crippen LogP contribution in [-0.2, 0) is 0 Å². The lowest BCUT2D eigenvalue weighted by Crippen LogP contribution is -2.44. The number of hydrogen-bond donors (Lipinski definition) is 3. The number of aliphatic hydroxyl groups is 1. The van der Waals surface area contributed by atoms with Crippen LogP contribution in [0, 0.1) is 0 Å². The van der Waals surface area contributed by atoms with E-state index in [1.54, 1.807) is 24.3 Å². The number of benzene rings is 1. The van der Waals surface area contributed by atoms with Gasteiger partial charge in [0.25, 0.3) is 5.91 Å². The van der Waals surface area contributed by atoms with E-state index in [2.05, 4.69) is 15.3 Å². The van der Waals surface area contributed by atoms with Gasteiger partial charge in [-0.25, -0.2) is 9.78 Å². The van der Waals surface area contributed by atoms with Crippen LogP contribution in [-0.4, -0.2) is 39.7 Å². The number of aromatic nitrogens is 2. The number of amides is 1. The lowest BCUT2D eigenvalue weighted by molar-refractivity contribution is 0.00526. The Balaban J connectivity index is 1.80. The summed E-state index contributed by atoms with van der Waals surface area (Å²) in [5.41, 5.74) is -0.239. The van der Waals surface area contributed by atoms with Gasteiger partial charge in [-0.1, -0.05) is 30.9 Å². The second kappa shape index (κ2) is 8.75. The molecular weight excluding hydrogens is 380 g/mol. The van der Waals surface area contributed by atoms with E-state index in [4.69, 9.17) is 11.6 Å². The highest BCUT2D eigenvalue weighted by Crippen LogP contribution is 2.29. The Morgan fingerprint density at radius 1 is 1.32 bits per heavy atom. The molecule has 1 fully saturated rings. The Kier molecular flexibility index (Phi) is 6.36. The van der Waals surface area contributed by atoms with E-state index in [-0.39, 0.29) is 12.5 Å². The maximum Gasteiger partial charge on any atom is 0.346 e. The molecule has 0 saturated heterocycles. The molecule has 150 valence electrons. The molecule has 3 rings (SSSR count). The highest BCUT2D eigenvalue weighted by molar-refractivity contribution is 6.34. The molecule has 1 aromatic carbocycles. The van der Waals surface area contributed by atoms with Crippen LogP contribution in [0.25, 0.3) is 0 Å². The summed E-state index contributed by atoms with van der Waals surface area (Å²) in [6.07, 6.45) is 5.88. The SMILES string of the molecule is CCN(c1ccc(Cl)c(C(=O)NCC2(O)CCCCC2)c1)c1ccnc(=O)[nH]1. The van der Waals surface area contributed by atoms with Gasteiger partial charge in [-0.15, -0.1) is 0 Å². The number of nitrogens with zero attached hydrogens (tertiary/aromatic N) is 2. The molecule has 0 atom stereocenters. The molecule has 0 spiro atoms. The lowest BCUT2D eigenvalue weighted by Gasteiger charge is -2.32. The van der Waals surface area contributed by atoms with Crippen LogP contribution >= 0.6 is 11.6 Å². The molecular formula is C20H25ClN4O3. The summed E-state index contributed by atoms with van der Waals surface area (Å²) >= 11 is 6.26. The van der Waals surface area contributed by atoms with Crippen LogP contribution in [0.3, 0.4) is 0 Å². The summed E-state index contributed by atoms with van der Waals surface area (Å²) in [4.78, 5) is 32.4. The first-order valence-electron chi connectivity index (χ1n) is 9.55. The van der Waals surface area contributed by atoms with Crippen LogP contribution in [0.5, 0.6) is 0 Å². The number of aromatic amines is 1. The van der Waals surface area contributed by atoms with Gasteiger partial charge in [-0.2, -0.15) is 0 Å². The standard InChI is InChI=1S/C20H25ClN4O3/c1-2-25(17-8-11-22-19(27)24-17)14-6-7-16(21)15(12-14)18(26)23-13-20(28)9-4-3-5-10-20/h6-8,11-12,28H,2-5,9-10,13H2,1H3,(H,23,26)(H,22,24,27). The van der Waals surface area contributed by atoms with E-state index in [9.17, 15) is 14.7 Å². The molecule has 3 N–H and O–H groups in total. The van der Waals surface area contributed by atoms with Crippen molar-refractivity contribution in [3.05, 3.63) is 51.5 Å². The Morgan fingerprint density at radius 2 is 2.07 bits per heavy atom. The number of carbonyl (C=O) groups is 1. The molecule has 28 heavy (non-hydrogen) atoms. The molecule has 2 aromatic rings. The van der Waals surface area contributed by atoms with E-state index in [0.717, 1.165) is 24.9 Å². The fourth-order valence-corrected chi connectivity index (χ4v) is 3.79. The molecule has 7 nitrogen and oxygen atoms in total. The Morgan fingerprint density at radius 3 is 2.75 bits per heavy atom. The van der Waals surface area contributed by atoms with Crippen LogP contribution < -0.4 is 15.9 Å². The quantitative estimate of drug-likeness (QED) is 0.687.